The fourth-order valence-electron chi connectivity index (χ4n) is 3.16. The van der Waals surface area contributed by atoms with Gasteiger partial charge in [-0.05, 0) is 35.9 Å². The summed E-state index contributed by atoms with van der Waals surface area (Å²) in [6.45, 7) is 0.643. The third-order valence-electron chi connectivity index (χ3n) is 4.74. The van der Waals surface area contributed by atoms with Gasteiger partial charge in [-0.2, -0.15) is 5.10 Å². The molecule has 4 aromatic rings. The Kier molecular flexibility index (Phi) is 6.67. The smallest absolute Gasteiger partial charge is 0.271 e. The van der Waals surface area contributed by atoms with E-state index in [-0.39, 0.29) is 30.5 Å². The number of benzene rings is 2. The van der Waals surface area contributed by atoms with Crippen molar-refractivity contribution in [3.05, 3.63) is 95.3 Å². The molecule has 8 heteroatoms. The second kappa shape index (κ2) is 9.98. The third-order valence-corrected chi connectivity index (χ3v) is 4.97. The number of carbonyl (C=O) groups excluding carboxylic acids is 2. The highest BCUT2D eigenvalue weighted by Gasteiger charge is 2.18. The standard InChI is InChI=1S/C24H21ClN4O3/c25-18-8-4-9-19(14-18)29-21(22-10-5-13-32-22)15-20(28-29)24(31)26-12-11-23(30)27-16-17-6-2-1-3-7-17/h1-10,13-15H,11-12,16H2,(H,26,31)(H,27,30). The van der Waals surface area contributed by atoms with Crippen LogP contribution in [0.5, 0.6) is 0 Å². The summed E-state index contributed by atoms with van der Waals surface area (Å²) in [6, 6.07) is 22.0. The quantitative estimate of drug-likeness (QED) is 0.422. The summed E-state index contributed by atoms with van der Waals surface area (Å²) in [5.41, 5.74) is 2.54. The molecule has 2 amide bonds. The van der Waals surface area contributed by atoms with E-state index in [1.165, 1.54) is 0 Å². The predicted molar refractivity (Wildman–Crippen MR) is 122 cm³/mol. The molecule has 4 rings (SSSR count). The number of aromatic nitrogens is 2. The van der Waals surface area contributed by atoms with Crippen molar-refractivity contribution in [2.75, 3.05) is 6.54 Å². The van der Waals surface area contributed by atoms with Crippen LogP contribution in [0.4, 0.5) is 0 Å². The summed E-state index contributed by atoms with van der Waals surface area (Å²) in [6.07, 6.45) is 1.72. The van der Waals surface area contributed by atoms with Gasteiger partial charge >= 0.3 is 0 Å². The molecule has 0 bridgehead atoms. The first-order valence-corrected chi connectivity index (χ1v) is 10.5. The lowest BCUT2D eigenvalue weighted by molar-refractivity contribution is -0.121. The minimum absolute atomic E-state index is 0.144. The first kappa shape index (κ1) is 21.4. The van der Waals surface area contributed by atoms with Gasteiger partial charge in [0, 0.05) is 30.6 Å². The maximum atomic E-state index is 12.7. The van der Waals surface area contributed by atoms with Crippen LogP contribution in [-0.2, 0) is 11.3 Å². The van der Waals surface area contributed by atoms with E-state index in [1.807, 2.05) is 36.4 Å². The molecule has 0 spiro atoms. The van der Waals surface area contributed by atoms with Crippen LogP contribution in [0.1, 0.15) is 22.5 Å². The van der Waals surface area contributed by atoms with Crippen LogP contribution in [0.3, 0.4) is 0 Å². The molecule has 2 N–H and O–H groups in total. The zero-order valence-corrected chi connectivity index (χ0v) is 17.9. The Morgan fingerprint density at radius 2 is 1.81 bits per heavy atom. The van der Waals surface area contributed by atoms with Crippen molar-refractivity contribution < 1.29 is 14.0 Å². The van der Waals surface area contributed by atoms with Crippen LogP contribution in [0.25, 0.3) is 17.1 Å². The Hall–Kier alpha value is -3.84. The summed E-state index contributed by atoms with van der Waals surface area (Å²) in [4.78, 5) is 24.7. The van der Waals surface area contributed by atoms with Gasteiger partial charge in [-0.25, -0.2) is 4.68 Å². The zero-order chi connectivity index (χ0) is 22.3. The maximum Gasteiger partial charge on any atom is 0.271 e. The number of hydrogen-bond acceptors (Lipinski definition) is 4. The van der Waals surface area contributed by atoms with Gasteiger partial charge in [0.2, 0.25) is 5.91 Å². The Bertz CT molecular complexity index is 1200. The van der Waals surface area contributed by atoms with E-state index in [0.29, 0.717) is 28.7 Å². The predicted octanol–water partition coefficient (Wildman–Crippen LogP) is 4.22. The maximum absolute atomic E-state index is 12.7. The summed E-state index contributed by atoms with van der Waals surface area (Å²) in [5, 5.41) is 10.6. The molecule has 0 fully saturated rings. The Morgan fingerprint density at radius 1 is 0.969 bits per heavy atom. The number of nitrogens with zero attached hydrogens (tertiary/aromatic N) is 2. The van der Waals surface area contributed by atoms with Crippen LogP contribution in [0, 0.1) is 0 Å². The SMILES string of the molecule is O=C(CCNC(=O)c1cc(-c2ccco2)n(-c2cccc(Cl)c2)n1)NCc1ccccc1. The fourth-order valence-corrected chi connectivity index (χ4v) is 3.35. The van der Waals surface area contributed by atoms with Gasteiger partial charge in [0.15, 0.2) is 11.5 Å². The summed E-state index contributed by atoms with van der Waals surface area (Å²) >= 11 is 6.12. The highest BCUT2D eigenvalue weighted by atomic mass is 35.5. The van der Waals surface area contributed by atoms with Crippen molar-refractivity contribution in [2.24, 2.45) is 0 Å². The van der Waals surface area contributed by atoms with E-state index < -0.39 is 0 Å². The molecule has 32 heavy (non-hydrogen) atoms. The van der Waals surface area contributed by atoms with Crippen LogP contribution < -0.4 is 10.6 Å². The van der Waals surface area contributed by atoms with Gasteiger partial charge in [-0.1, -0.05) is 48.0 Å². The number of furan rings is 1. The largest absolute Gasteiger partial charge is 0.463 e. The highest BCUT2D eigenvalue weighted by molar-refractivity contribution is 6.30. The number of hydrogen-bond donors (Lipinski definition) is 2. The van der Waals surface area contributed by atoms with E-state index in [9.17, 15) is 9.59 Å². The number of carbonyl (C=O) groups is 2. The average molecular weight is 449 g/mol. The number of halogens is 1. The van der Waals surface area contributed by atoms with Gasteiger partial charge in [-0.3, -0.25) is 9.59 Å². The van der Waals surface area contributed by atoms with Crippen molar-refractivity contribution in [1.82, 2.24) is 20.4 Å². The van der Waals surface area contributed by atoms with Crippen LogP contribution >= 0.6 is 11.6 Å². The molecule has 2 aromatic heterocycles. The Labute approximate surface area is 190 Å². The molecule has 0 atom stereocenters. The van der Waals surface area contributed by atoms with Crippen molar-refractivity contribution in [2.45, 2.75) is 13.0 Å². The molecule has 0 aliphatic rings. The van der Waals surface area contributed by atoms with Gasteiger partial charge in [0.05, 0.1) is 12.0 Å². The molecule has 162 valence electrons. The molecule has 0 unspecified atom stereocenters. The number of nitrogens with one attached hydrogen (secondary N) is 2. The molecular weight excluding hydrogens is 428 g/mol. The minimum Gasteiger partial charge on any atom is -0.463 e. The van der Waals surface area contributed by atoms with Crippen LogP contribution in [0.2, 0.25) is 5.02 Å². The molecule has 7 nitrogen and oxygen atoms in total. The van der Waals surface area contributed by atoms with Crippen molar-refractivity contribution in [3.63, 3.8) is 0 Å². The van der Waals surface area contributed by atoms with Crippen LogP contribution in [-0.4, -0.2) is 28.1 Å². The number of rotatable bonds is 8. The lowest BCUT2D eigenvalue weighted by Crippen LogP contribution is -2.30. The summed E-state index contributed by atoms with van der Waals surface area (Å²) < 4.78 is 7.11. The Balaban J connectivity index is 1.40. The molecule has 0 aliphatic heterocycles. The van der Waals surface area contributed by atoms with E-state index in [2.05, 4.69) is 15.7 Å². The molecular formula is C24H21ClN4O3. The molecule has 0 saturated heterocycles. The van der Waals surface area contributed by atoms with Gasteiger partial charge in [0.25, 0.3) is 5.91 Å². The summed E-state index contributed by atoms with van der Waals surface area (Å²) in [7, 11) is 0. The first-order chi connectivity index (χ1) is 15.6. The van der Waals surface area contributed by atoms with Gasteiger partial charge in [0.1, 0.15) is 5.69 Å². The van der Waals surface area contributed by atoms with Crippen molar-refractivity contribution in [3.8, 4) is 17.1 Å². The van der Waals surface area contributed by atoms with E-state index in [1.54, 1.807) is 47.3 Å². The van der Waals surface area contributed by atoms with E-state index in [0.717, 1.165) is 5.56 Å². The third kappa shape index (κ3) is 5.25. The van der Waals surface area contributed by atoms with Gasteiger partial charge < -0.3 is 15.1 Å². The second-order valence-corrected chi connectivity index (χ2v) is 7.49. The summed E-state index contributed by atoms with van der Waals surface area (Å²) in [5.74, 6) is 0.0427. The molecule has 2 heterocycles. The lowest BCUT2D eigenvalue weighted by Gasteiger charge is -2.06. The van der Waals surface area contributed by atoms with Gasteiger partial charge in [-0.15, -0.1) is 0 Å². The normalized spacial score (nSPS) is 10.7. The topological polar surface area (TPSA) is 89.2 Å². The molecule has 0 saturated carbocycles. The zero-order valence-electron chi connectivity index (χ0n) is 17.1. The number of amides is 2. The van der Waals surface area contributed by atoms with Crippen molar-refractivity contribution >= 4 is 23.4 Å². The average Bonchev–Trinajstić information content (AvgIpc) is 3.48. The molecule has 0 aliphatic carbocycles. The van der Waals surface area contributed by atoms with E-state index >= 15 is 0 Å². The molecule has 0 radical (unpaired) electrons. The van der Waals surface area contributed by atoms with E-state index in [4.69, 9.17) is 16.0 Å². The Morgan fingerprint density at radius 3 is 2.56 bits per heavy atom. The minimum atomic E-state index is -0.380. The highest BCUT2D eigenvalue weighted by Crippen LogP contribution is 2.25. The molecule has 2 aromatic carbocycles. The first-order valence-electron chi connectivity index (χ1n) is 10.1. The second-order valence-electron chi connectivity index (χ2n) is 7.05. The van der Waals surface area contributed by atoms with Crippen LogP contribution in [0.15, 0.2) is 83.5 Å². The lowest BCUT2D eigenvalue weighted by atomic mass is 10.2. The van der Waals surface area contributed by atoms with Crippen molar-refractivity contribution in [1.29, 1.82) is 0 Å². The monoisotopic (exact) mass is 448 g/mol. The fraction of sp³-hybridized carbons (Fsp3) is 0.125.